The number of rotatable bonds is 3. The quantitative estimate of drug-likeness (QED) is 0.631. The van der Waals surface area contributed by atoms with Crippen molar-refractivity contribution in [2.45, 2.75) is 53.5 Å². The number of hydrogen-bond donors (Lipinski definition) is 0. The summed E-state index contributed by atoms with van der Waals surface area (Å²) in [6.07, 6.45) is 3.43. The second kappa shape index (κ2) is 7.07. The summed E-state index contributed by atoms with van der Waals surface area (Å²) in [5, 5.41) is 0. The van der Waals surface area contributed by atoms with Crippen molar-refractivity contribution >= 4 is 0 Å². The van der Waals surface area contributed by atoms with Crippen molar-refractivity contribution in [1.82, 2.24) is 4.90 Å². The molecular formula is C24H31N. The highest BCUT2D eigenvalue weighted by Gasteiger charge is 2.20. The number of fused-ring (bicyclic) bond motifs is 1. The standard InChI is InChI=1S/C24H31N/c1-18-9-6-7-11-23(18)21-13-12-20-10-8-14-25(17-22(20)15-21)19(2)16-24(3,4)5/h6-7,9,11-13,15H,2,8,10,14,16-17H2,1,3-5H3. The Morgan fingerprint density at radius 1 is 1.08 bits per heavy atom. The van der Waals surface area contributed by atoms with Gasteiger partial charge in [0.05, 0.1) is 0 Å². The van der Waals surface area contributed by atoms with E-state index in [-0.39, 0.29) is 5.41 Å². The fraction of sp³-hybridized carbons (Fsp3) is 0.417. The molecule has 25 heavy (non-hydrogen) atoms. The van der Waals surface area contributed by atoms with Gasteiger partial charge in [0, 0.05) is 18.8 Å². The first kappa shape index (κ1) is 17.8. The van der Waals surface area contributed by atoms with Crippen molar-refractivity contribution in [2.75, 3.05) is 6.54 Å². The molecule has 132 valence electrons. The van der Waals surface area contributed by atoms with Crippen LogP contribution in [0, 0.1) is 12.3 Å². The van der Waals surface area contributed by atoms with E-state index >= 15 is 0 Å². The largest absolute Gasteiger partial charge is 0.371 e. The first-order valence-corrected chi connectivity index (χ1v) is 9.44. The lowest BCUT2D eigenvalue weighted by Crippen LogP contribution is -2.25. The molecular weight excluding hydrogens is 302 g/mol. The Hall–Kier alpha value is -2.02. The van der Waals surface area contributed by atoms with E-state index in [9.17, 15) is 0 Å². The van der Waals surface area contributed by atoms with E-state index in [1.54, 1.807) is 0 Å². The minimum absolute atomic E-state index is 0.287. The van der Waals surface area contributed by atoms with Crippen LogP contribution in [0.1, 0.15) is 50.3 Å². The lowest BCUT2D eigenvalue weighted by molar-refractivity contribution is 0.286. The zero-order valence-electron chi connectivity index (χ0n) is 16.2. The third-order valence-electron chi connectivity index (χ3n) is 5.08. The average molecular weight is 334 g/mol. The smallest absolute Gasteiger partial charge is 0.0429 e. The van der Waals surface area contributed by atoms with Gasteiger partial charge in [-0.25, -0.2) is 0 Å². The summed E-state index contributed by atoms with van der Waals surface area (Å²) in [5.74, 6) is 0. The summed E-state index contributed by atoms with van der Waals surface area (Å²) < 4.78 is 0. The van der Waals surface area contributed by atoms with Crippen LogP contribution in [0.3, 0.4) is 0 Å². The van der Waals surface area contributed by atoms with E-state index in [1.165, 1.54) is 46.4 Å². The van der Waals surface area contributed by atoms with Gasteiger partial charge >= 0.3 is 0 Å². The van der Waals surface area contributed by atoms with Gasteiger partial charge < -0.3 is 4.90 Å². The van der Waals surface area contributed by atoms with Gasteiger partial charge in [0.25, 0.3) is 0 Å². The van der Waals surface area contributed by atoms with Gasteiger partial charge in [0.2, 0.25) is 0 Å². The van der Waals surface area contributed by atoms with E-state index in [4.69, 9.17) is 0 Å². The predicted octanol–water partition coefficient (Wildman–Crippen LogP) is 6.36. The van der Waals surface area contributed by atoms with E-state index in [2.05, 4.69) is 81.6 Å². The Balaban J connectivity index is 1.88. The van der Waals surface area contributed by atoms with Crippen LogP contribution in [-0.2, 0) is 13.0 Å². The monoisotopic (exact) mass is 333 g/mol. The molecule has 1 heteroatoms. The van der Waals surface area contributed by atoms with Gasteiger partial charge in [-0.2, -0.15) is 0 Å². The topological polar surface area (TPSA) is 3.24 Å². The number of aryl methyl sites for hydroxylation is 2. The van der Waals surface area contributed by atoms with Gasteiger partial charge in [-0.3, -0.25) is 0 Å². The van der Waals surface area contributed by atoms with Crippen molar-refractivity contribution in [1.29, 1.82) is 0 Å². The zero-order chi connectivity index (χ0) is 18.0. The highest BCUT2D eigenvalue weighted by molar-refractivity contribution is 5.68. The Labute approximate surface area is 153 Å². The first-order valence-electron chi connectivity index (χ1n) is 9.44. The number of benzene rings is 2. The van der Waals surface area contributed by atoms with Gasteiger partial charge in [-0.05, 0) is 65.5 Å². The minimum Gasteiger partial charge on any atom is -0.371 e. The van der Waals surface area contributed by atoms with Crippen molar-refractivity contribution in [3.05, 3.63) is 71.4 Å². The SMILES string of the molecule is C=C(CC(C)(C)C)N1CCCc2ccc(-c3ccccc3C)cc2C1. The normalized spacial score (nSPS) is 14.8. The fourth-order valence-corrected chi connectivity index (χ4v) is 3.82. The Morgan fingerprint density at radius 3 is 2.56 bits per heavy atom. The fourth-order valence-electron chi connectivity index (χ4n) is 3.82. The van der Waals surface area contributed by atoms with Crippen LogP contribution in [0.2, 0.25) is 0 Å². The average Bonchev–Trinajstić information content (AvgIpc) is 2.75. The van der Waals surface area contributed by atoms with Crippen LogP contribution in [0.5, 0.6) is 0 Å². The van der Waals surface area contributed by atoms with Gasteiger partial charge in [0.15, 0.2) is 0 Å². The number of nitrogens with zero attached hydrogens (tertiary/aromatic N) is 1. The molecule has 0 radical (unpaired) electrons. The number of hydrogen-bond acceptors (Lipinski definition) is 1. The lowest BCUT2D eigenvalue weighted by Gasteiger charge is -2.30. The van der Waals surface area contributed by atoms with Crippen molar-refractivity contribution in [3.63, 3.8) is 0 Å². The summed E-state index contributed by atoms with van der Waals surface area (Å²) in [6, 6.07) is 15.7. The Morgan fingerprint density at radius 2 is 1.84 bits per heavy atom. The maximum absolute atomic E-state index is 4.40. The molecule has 0 saturated heterocycles. The molecule has 0 fully saturated rings. The molecule has 1 heterocycles. The molecule has 0 aliphatic carbocycles. The van der Waals surface area contributed by atoms with E-state index < -0.39 is 0 Å². The Kier molecular flexibility index (Phi) is 5.03. The first-order chi connectivity index (χ1) is 11.8. The van der Waals surface area contributed by atoms with E-state index in [1.807, 2.05) is 0 Å². The summed E-state index contributed by atoms with van der Waals surface area (Å²) in [5.41, 5.74) is 8.55. The van der Waals surface area contributed by atoms with Gasteiger partial charge in [-0.15, -0.1) is 0 Å². The van der Waals surface area contributed by atoms with Crippen molar-refractivity contribution < 1.29 is 0 Å². The molecule has 0 unspecified atom stereocenters. The zero-order valence-corrected chi connectivity index (χ0v) is 16.2. The molecule has 1 aliphatic rings. The van der Waals surface area contributed by atoms with Crippen LogP contribution < -0.4 is 0 Å². The Bertz CT molecular complexity index is 764. The lowest BCUT2D eigenvalue weighted by atomic mass is 9.90. The van der Waals surface area contributed by atoms with E-state index in [0.29, 0.717) is 0 Å². The molecule has 0 saturated carbocycles. The van der Waals surface area contributed by atoms with Crippen LogP contribution in [-0.4, -0.2) is 11.4 Å². The van der Waals surface area contributed by atoms with Gasteiger partial charge in [0.1, 0.15) is 0 Å². The van der Waals surface area contributed by atoms with Crippen LogP contribution in [0.15, 0.2) is 54.7 Å². The van der Waals surface area contributed by atoms with Crippen LogP contribution >= 0.6 is 0 Å². The predicted molar refractivity (Wildman–Crippen MR) is 109 cm³/mol. The molecule has 1 nitrogen and oxygen atoms in total. The minimum atomic E-state index is 0.287. The molecule has 0 spiro atoms. The molecule has 2 aromatic rings. The van der Waals surface area contributed by atoms with Crippen molar-refractivity contribution in [2.24, 2.45) is 5.41 Å². The maximum Gasteiger partial charge on any atom is 0.0429 e. The van der Waals surface area contributed by atoms with Crippen LogP contribution in [0.25, 0.3) is 11.1 Å². The highest BCUT2D eigenvalue weighted by atomic mass is 15.1. The van der Waals surface area contributed by atoms with Gasteiger partial charge in [-0.1, -0.05) is 63.7 Å². The summed E-state index contributed by atoms with van der Waals surface area (Å²) in [4.78, 5) is 2.50. The second-order valence-electron chi connectivity index (χ2n) is 8.63. The van der Waals surface area contributed by atoms with E-state index in [0.717, 1.165) is 19.5 Å². The van der Waals surface area contributed by atoms with Crippen molar-refractivity contribution in [3.8, 4) is 11.1 Å². The molecule has 0 atom stereocenters. The molecule has 0 N–H and O–H groups in total. The molecule has 0 bridgehead atoms. The summed E-state index contributed by atoms with van der Waals surface area (Å²) in [7, 11) is 0. The molecule has 2 aromatic carbocycles. The summed E-state index contributed by atoms with van der Waals surface area (Å²) in [6.45, 7) is 15.6. The molecule has 1 aliphatic heterocycles. The molecule has 0 aromatic heterocycles. The highest BCUT2D eigenvalue weighted by Crippen LogP contribution is 2.31. The summed E-state index contributed by atoms with van der Waals surface area (Å²) >= 11 is 0. The third kappa shape index (κ3) is 4.34. The molecule has 0 amide bonds. The second-order valence-corrected chi connectivity index (χ2v) is 8.63. The molecule has 3 rings (SSSR count). The third-order valence-corrected chi connectivity index (χ3v) is 5.08. The van der Waals surface area contributed by atoms with Crippen LogP contribution in [0.4, 0.5) is 0 Å². The maximum atomic E-state index is 4.40. The number of allylic oxidation sites excluding steroid dienone is 1.